The highest BCUT2D eigenvalue weighted by Gasteiger charge is 2.34. The summed E-state index contributed by atoms with van der Waals surface area (Å²) in [4.78, 5) is 41.0. The summed E-state index contributed by atoms with van der Waals surface area (Å²) in [5.41, 5.74) is -0.531. The quantitative estimate of drug-likeness (QED) is 0.424. The van der Waals surface area contributed by atoms with Crippen molar-refractivity contribution in [1.82, 2.24) is 25.3 Å². The van der Waals surface area contributed by atoms with Crippen LogP contribution in [-0.4, -0.2) is 31.8 Å². The Labute approximate surface area is 206 Å². The molecule has 0 radical (unpaired) electrons. The number of nitrogens with one attached hydrogen (secondary N) is 2. The van der Waals surface area contributed by atoms with E-state index in [4.69, 9.17) is 23.2 Å². The van der Waals surface area contributed by atoms with Gasteiger partial charge in [-0.2, -0.15) is 13.2 Å². The lowest BCUT2D eigenvalue weighted by Gasteiger charge is -2.12. The number of anilines is 1. The maximum atomic E-state index is 13.0. The monoisotopic (exact) mass is 532 g/mol. The first kappa shape index (κ1) is 25.8. The molecule has 3 rings (SSSR count). The molecule has 3 aromatic rings. The molecule has 2 N–H and O–H groups in total. The van der Waals surface area contributed by atoms with Gasteiger partial charge in [0.05, 0.1) is 33.5 Å². The molecule has 0 aliphatic rings. The molecule has 14 heteroatoms. The van der Waals surface area contributed by atoms with Crippen LogP contribution in [0.25, 0.3) is 0 Å². The molecule has 0 saturated heterocycles. The summed E-state index contributed by atoms with van der Waals surface area (Å²) in [7, 11) is 0. The third-order valence-electron chi connectivity index (χ3n) is 4.43. The van der Waals surface area contributed by atoms with Crippen LogP contribution in [0.3, 0.4) is 0 Å². The number of thiazole rings is 1. The Balaban J connectivity index is 1.70. The SMILES string of the molecule is CCCc1ncnc(C(=O)NC(C)c2ncc(C(=O)Nc3cc(C(F)(F)F)c(Cl)cn3)s2)c1Cl. The van der Waals surface area contributed by atoms with Crippen LogP contribution in [0.4, 0.5) is 19.0 Å². The van der Waals surface area contributed by atoms with Crippen molar-refractivity contribution in [2.24, 2.45) is 0 Å². The summed E-state index contributed by atoms with van der Waals surface area (Å²) in [6.07, 6.45) is -0.00225. The molecule has 0 aliphatic heterocycles. The third kappa shape index (κ3) is 5.99. The molecule has 3 heterocycles. The van der Waals surface area contributed by atoms with Crippen molar-refractivity contribution in [3.63, 3.8) is 0 Å². The van der Waals surface area contributed by atoms with Crippen LogP contribution < -0.4 is 10.6 Å². The van der Waals surface area contributed by atoms with Crippen molar-refractivity contribution in [3.05, 3.63) is 61.7 Å². The number of aromatic nitrogens is 4. The molecular formula is C20H17Cl2F3N6O2S. The van der Waals surface area contributed by atoms with Gasteiger partial charge in [0.15, 0.2) is 0 Å². The van der Waals surface area contributed by atoms with Gasteiger partial charge in [-0.3, -0.25) is 9.59 Å². The van der Waals surface area contributed by atoms with E-state index < -0.39 is 34.6 Å². The Bertz CT molecular complexity index is 1220. The number of nitrogens with zero attached hydrogens (tertiary/aromatic N) is 4. The van der Waals surface area contributed by atoms with Crippen molar-refractivity contribution < 1.29 is 22.8 Å². The molecule has 8 nitrogen and oxygen atoms in total. The molecular weight excluding hydrogens is 516 g/mol. The highest BCUT2D eigenvalue weighted by Crippen LogP contribution is 2.35. The minimum atomic E-state index is -4.70. The molecule has 0 saturated carbocycles. The van der Waals surface area contributed by atoms with Crippen molar-refractivity contribution in [2.75, 3.05) is 5.32 Å². The molecule has 0 aliphatic carbocycles. The van der Waals surface area contributed by atoms with Crippen molar-refractivity contribution in [1.29, 1.82) is 0 Å². The second-order valence-corrected chi connectivity index (χ2v) is 8.84. The first-order valence-electron chi connectivity index (χ1n) is 9.81. The Morgan fingerprint density at radius 2 is 1.85 bits per heavy atom. The number of halogens is 5. The first-order chi connectivity index (χ1) is 16.0. The number of hydrogen-bond donors (Lipinski definition) is 2. The molecule has 0 aromatic carbocycles. The first-order valence-corrected chi connectivity index (χ1v) is 11.4. The second kappa shape index (κ2) is 10.6. The largest absolute Gasteiger partial charge is 0.418 e. The fourth-order valence-corrected chi connectivity index (χ4v) is 4.10. The zero-order valence-electron chi connectivity index (χ0n) is 17.7. The van der Waals surface area contributed by atoms with E-state index in [1.807, 2.05) is 6.92 Å². The number of pyridine rings is 1. The number of carbonyl (C=O) groups excluding carboxylic acids is 2. The molecule has 34 heavy (non-hydrogen) atoms. The fourth-order valence-electron chi connectivity index (χ4n) is 2.80. The third-order valence-corrected chi connectivity index (χ3v) is 6.31. The van der Waals surface area contributed by atoms with Gasteiger partial charge in [-0.25, -0.2) is 19.9 Å². The van der Waals surface area contributed by atoms with Gasteiger partial charge < -0.3 is 10.6 Å². The standard InChI is InChI=1S/C20H17Cl2F3N6O2S/c1-3-4-12-15(22)16(29-8-28-12)18(33)30-9(2)19-27-7-13(34-19)17(32)31-14-5-10(20(23,24)25)11(21)6-26-14/h5-9H,3-4H2,1-2H3,(H,30,33)(H,26,31,32). The van der Waals surface area contributed by atoms with E-state index in [-0.39, 0.29) is 21.4 Å². The molecule has 0 bridgehead atoms. The van der Waals surface area contributed by atoms with Crippen LogP contribution in [0.15, 0.2) is 24.8 Å². The second-order valence-electron chi connectivity index (χ2n) is 6.99. The maximum Gasteiger partial charge on any atom is 0.418 e. The topological polar surface area (TPSA) is 110 Å². The van der Waals surface area contributed by atoms with Crippen LogP contribution >= 0.6 is 34.5 Å². The van der Waals surface area contributed by atoms with Gasteiger partial charge in [0, 0.05) is 6.20 Å². The van der Waals surface area contributed by atoms with Crippen LogP contribution in [-0.2, 0) is 12.6 Å². The summed E-state index contributed by atoms with van der Waals surface area (Å²) in [6, 6.07) is 0.0358. The van der Waals surface area contributed by atoms with Crippen LogP contribution in [0.2, 0.25) is 10.0 Å². The van der Waals surface area contributed by atoms with Gasteiger partial charge in [0.1, 0.15) is 27.7 Å². The summed E-state index contributed by atoms with van der Waals surface area (Å²) >= 11 is 12.7. The molecule has 1 unspecified atom stereocenters. The van der Waals surface area contributed by atoms with Crippen molar-refractivity contribution in [3.8, 4) is 0 Å². The lowest BCUT2D eigenvalue weighted by molar-refractivity contribution is -0.137. The lowest BCUT2D eigenvalue weighted by Crippen LogP contribution is -2.28. The molecule has 2 amide bonds. The van der Waals surface area contributed by atoms with Gasteiger partial charge in [0.2, 0.25) is 0 Å². The highest BCUT2D eigenvalue weighted by molar-refractivity contribution is 7.13. The van der Waals surface area contributed by atoms with Gasteiger partial charge in [0.25, 0.3) is 11.8 Å². The van der Waals surface area contributed by atoms with E-state index in [0.29, 0.717) is 23.2 Å². The number of hydrogen-bond acceptors (Lipinski definition) is 7. The number of rotatable bonds is 7. The van der Waals surface area contributed by atoms with Gasteiger partial charge >= 0.3 is 6.18 Å². The molecule has 0 spiro atoms. The number of alkyl halides is 3. The Morgan fingerprint density at radius 1 is 1.12 bits per heavy atom. The zero-order valence-corrected chi connectivity index (χ0v) is 20.0. The predicted octanol–water partition coefficient (Wildman–Crippen LogP) is 5.35. The van der Waals surface area contributed by atoms with E-state index in [0.717, 1.165) is 24.0 Å². The summed E-state index contributed by atoms with van der Waals surface area (Å²) in [6.45, 7) is 3.60. The van der Waals surface area contributed by atoms with E-state index >= 15 is 0 Å². The Morgan fingerprint density at radius 3 is 2.53 bits per heavy atom. The van der Waals surface area contributed by atoms with Crippen LogP contribution in [0.1, 0.15) is 62.7 Å². The van der Waals surface area contributed by atoms with Gasteiger partial charge in [-0.1, -0.05) is 36.5 Å². The lowest BCUT2D eigenvalue weighted by atomic mass is 10.2. The average molecular weight is 533 g/mol. The van der Waals surface area contributed by atoms with E-state index in [2.05, 4.69) is 30.6 Å². The number of aryl methyl sites for hydroxylation is 1. The Kier molecular flexibility index (Phi) is 8.05. The summed E-state index contributed by atoms with van der Waals surface area (Å²) in [5, 5.41) is 4.96. The average Bonchev–Trinajstić information content (AvgIpc) is 3.26. The minimum absolute atomic E-state index is 0.0239. The minimum Gasteiger partial charge on any atom is -0.342 e. The smallest absolute Gasteiger partial charge is 0.342 e. The van der Waals surface area contributed by atoms with E-state index in [1.54, 1.807) is 6.92 Å². The highest BCUT2D eigenvalue weighted by atomic mass is 35.5. The van der Waals surface area contributed by atoms with Crippen LogP contribution in [0.5, 0.6) is 0 Å². The zero-order chi connectivity index (χ0) is 25.0. The predicted molar refractivity (Wildman–Crippen MR) is 121 cm³/mol. The number of amides is 2. The summed E-state index contributed by atoms with van der Waals surface area (Å²) < 4.78 is 39.0. The fraction of sp³-hybridized carbons (Fsp3) is 0.300. The molecule has 1 atom stereocenters. The summed E-state index contributed by atoms with van der Waals surface area (Å²) in [5.74, 6) is -1.57. The van der Waals surface area contributed by atoms with Crippen molar-refractivity contribution >= 4 is 52.2 Å². The normalized spacial score (nSPS) is 12.3. The molecule has 0 fully saturated rings. The maximum absolute atomic E-state index is 13.0. The van der Waals surface area contributed by atoms with E-state index in [9.17, 15) is 22.8 Å². The van der Waals surface area contributed by atoms with Gasteiger partial charge in [-0.05, 0) is 19.4 Å². The van der Waals surface area contributed by atoms with Gasteiger partial charge in [-0.15, -0.1) is 11.3 Å². The van der Waals surface area contributed by atoms with Crippen molar-refractivity contribution in [2.45, 2.75) is 38.9 Å². The van der Waals surface area contributed by atoms with E-state index in [1.165, 1.54) is 12.5 Å². The Hall–Kier alpha value is -2.83. The number of carbonyl (C=O) groups is 2. The molecule has 180 valence electrons. The van der Waals surface area contributed by atoms with Crippen LogP contribution in [0, 0.1) is 0 Å². The molecule has 3 aromatic heterocycles.